The average Bonchev–Trinajstić information content (AvgIpc) is 3.00. The molecule has 1 aromatic heterocycles. The second-order valence-corrected chi connectivity index (χ2v) is 7.75. The maximum absolute atomic E-state index is 12.5. The fourth-order valence-electron chi connectivity index (χ4n) is 3.41. The number of rotatable bonds is 4. The number of benzene rings is 1. The Bertz CT molecular complexity index is 705. The highest BCUT2D eigenvalue weighted by molar-refractivity contribution is 7.99. The highest BCUT2D eigenvalue weighted by Gasteiger charge is 2.25. The van der Waals surface area contributed by atoms with E-state index in [0.29, 0.717) is 17.6 Å². The summed E-state index contributed by atoms with van der Waals surface area (Å²) >= 11 is 1.46. The Kier molecular flexibility index (Phi) is 5.23. The van der Waals surface area contributed by atoms with Gasteiger partial charge in [-0.3, -0.25) is 9.36 Å². The van der Waals surface area contributed by atoms with Gasteiger partial charge in [0.25, 0.3) is 0 Å². The lowest BCUT2D eigenvalue weighted by atomic mass is 9.92. The fourth-order valence-corrected chi connectivity index (χ4v) is 4.23. The number of carbonyl (C=O) groups is 1. The van der Waals surface area contributed by atoms with Crippen LogP contribution in [0.5, 0.6) is 0 Å². The molecule has 1 amide bonds. The molecule has 2 heterocycles. The number of amides is 1. The number of nitrogens with zero attached hydrogens (tertiary/aromatic N) is 4. The number of para-hydroxylation sites is 1. The van der Waals surface area contributed by atoms with E-state index in [0.717, 1.165) is 29.5 Å². The molecule has 1 aromatic carbocycles. The van der Waals surface area contributed by atoms with Gasteiger partial charge in [-0.05, 0) is 36.8 Å². The van der Waals surface area contributed by atoms with Gasteiger partial charge in [0.15, 0.2) is 5.16 Å². The summed E-state index contributed by atoms with van der Waals surface area (Å²) in [5.41, 5.74) is 2.21. The van der Waals surface area contributed by atoms with E-state index >= 15 is 0 Å². The van der Waals surface area contributed by atoms with Gasteiger partial charge in [-0.25, -0.2) is 0 Å². The maximum atomic E-state index is 12.5. The predicted molar refractivity (Wildman–Crippen MR) is 96.3 cm³/mol. The Balaban J connectivity index is 1.67. The SMILES string of the molecule is Cc1ccccc1-n1cnnc1SCC(=O)N1CC(C)CC(C)C1. The Morgan fingerprint density at radius 3 is 2.67 bits per heavy atom. The van der Waals surface area contributed by atoms with Crippen LogP contribution < -0.4 is 0 Å². The van der Waals surface area contributed by atoms with Gasteiger partial charge in [0.05, 0.1) is 11.4 Å². The summed E-state index contributed by atoms with van der Waals surface area (Å²) in [4.78, 5) is 14.5. The minimum absolute atomic E-state index is 0.192. The summed E-state index contributed by atoms with van der Waals surface area (Å²) in [6.45, 7) is 8.24. The molecule has 3 rings (SSSR count). The topological polar surface area (TPSA) is 51.0 Å². The molecule has 0 aliphatic carbocycles. The molecule has 6 heteroatoms. The van der Waals surface area contributed by atoms with Crippen molar-refractivity contribution in [1.29, 1.82) is 0 Å². The van der Waals surface area contributed by atoms with Gasteiger partial charge in [-0.2, -0.15) is 0 Å². The van der Waals surface area contributed by atoms with E-state index in [1.54, 1.807) is 6.33 Å². The van der Waals surface area contributed by atoms with Crippen molar-refractivity contribution in [3.8, 4) is 5.69 Å². The third kappa shape index (κ3) is 3.80. The minimum atomic E-state index is 0.192. The minimum Gasteiger partial charge on any atom is -0.341 e. The number of thioether (sulfide) groups is 1. The molecular weight excluding hydrogens is 320 g/mol. The van der Waals surface area contributed by atoms with Crippen LogP contribution in [0.15, 0.2) is 35.7 Å². The zero-order chi connectivity index (χ0) is 17.1. The molecule has 0 bridgehead atoms. The van der Waals surface area contributed by atoms with Crippen LogP contribution in [0.2, 0.25) is 0 Å². The second-order valence-electron chi connectivity index (χ2n) is 6.80. The lowest BCUT2D eigenvalue weighted by Crippen LogP contribution is -2.43. The quantitative estimate of drug-likeness (QED) is 0.800. The first-order chi connectivity index (χ1) is 11.5. The molecule has 5 nitrogen and oxygen atoms in total. The van der Waals surface area contributed by atoms with Crippen molar-refractivity contribution in [2.24, 2.45) is 11.8 Å². The number of hydrogen-bond acceptors (Lipinski definition) is 4. The van der Waals surface area contributed by atoms with Gasteiger partial charge in [-0.15, -0.1) is 10.2 Å². The molecule has 0 spiro atoms. The predicted octanol–water partition coefficient (Wildman–Crippen LogP) is 3.17. The van der Waals surface area contributed by atoms with Gasteiger partial charge in [-0.1, -0.05) is 43.8 Å². The summed E-state index contributed by atoms with van der Waals surface area (Å²) in [5, 5.41) is 8.97. The zero-order valence-electron chi connectivity index (χ0n) is 14.5. The number of piperidine rings is 1. The van der Waals surface area contributed by atoms with E-state index in [4.69, 9.17) is 0 Å². The van der Waals surface area contributed by atoms with Crippen LogP contribution in [-0.4, -0.2) is 44.4 Å². The summed E-state index contributed by atoms with van der Waals surface area (Å²) in [6.07, 6.45) is 2.92. The van der Waals surface area contributed by atoms with Crippen molar-refractivity contribution in [1.82, 2.24) is 19.7 Å². The van der Waals surface area contributed by atoms with Gasteiger partial charge in [0, 0.05) is 13.1 Å². The third-order valence-corrected chi connectivity index (χ3v) is 5.37. The zero-order valence-corrected chi connectivity index (χ0v) is 15.3. The molecule has 128 valence electrons. The molecule has 1 aliphatic heterocycles. The first-order valence-corrected chi connectivity index (χ1v) is 9.39. The smallest absolute Gasteiger partial charge is 0.233 e. The van der Waals surface area contributed by atoms with Gasteiger partial charge < -0.3 is 4.90 Å². The number of hydrogen-bond donors (Lipinski definition) is 0. The van der Waals surface area contributed by atoms with Crippen molar-refractivity contribution < 1.29 is 4.79 Å². The van der Waals surface area contributed by atoms with E-state index in [9.17, 15) is 4.79 Å². The molecule has 24 heavy (non-hydrogen) atoms. The van der Waals surface area contributed by atoms with Crippen LogP contribution in [-0.2, 0) is 4.79 Å². The van der Waals surface area contributed by atoms with Crippen molar-refractivity contribution in [3.63, 3.8) is 0 Å². The van der Waals surface area contributed by atoms with Crippen LogP contribution >= 0.6 is 11.8 Å². The number of likely N-dealkylation sites (tertiary alicyclic amines) is 1. The lowest BCUT2D eigenvalue weighted by Gasteiger charge is -2.34. The number of aryl methyl sites for hydroxylation is 1. The van der Waals surface area contributed by atoms with E-state index < -0.39 is 0 Å². The molecule has 2 atom stereocenters. The molecule has 0 radical (unpaired) electrons. The first kappa shape index (κ1) is 17.0. The van der Waals surface area contributed by atoms with Crippen molar-refractivity contribution >= 4 is 17.7 Å². The fraction of sp³-hybridized carbons (Fsp3) is 0.500. The molecule has 1 saturated heterocycles. The van der Waals surface area contributed by atoms with Gasteiger partial charge >= 0.3 is 0 Å². The van der Waals surface area contributed by atoms with Crippen LogP contribution in [0.25, 0.3) is 5.69 Å². The van der Waals surface area contributed by atoms with E-state index in [1.807, 2.05) is 27.7 Å². The third-order valence-electron chi connectivity index (χ3n) is 4.44. The van der Waals surface area contributed by atoms with Crippen LogP contribution in [0.1, 0.15) is 25.8 Å². The van der Waals surface area contributed by atoms with Crippen LogP contribution in [0.4, 0.5) is 0 Å². The maximum Gasteiger partial charge on any atom is 0.233 e. The Hall–Kier alpha value is -1.82. The second kappa shape index (κ2) is 7.38. The van der Waals surface area contributed by atoms with E-state index in [1.165, 1.54) is 18.2 Å². The number of aromatic nitrogens is 3. The van der Waals surface area contributed by atoms with Crippen LogP contribution in [0, 0.1) is 18.8 Å². The molecule has 1 aliphatic rings. The van der Waals surface area contributed by atoms with E-state index in [-0.39, 0.29) is 5.91 Å². The molecule has 1 fully saturated rings. The molecule has 0 N–H and O–H groups in total. The molecule has 0 saturated carbocycles. The van der Waals surface area contributed by atoms with Crippen molar-refractivity contribution in [3.05, 3.63) is 36.2 Å². The van der Waals surface area contributed by atoms with Gasteiger partial charge in [0.2, 0.25) is 5.91 Å². The van der Waals surface area contributed by atoms with Crippen molar-refractivity contribution in [2.75, 3.05) is 18.8 Å². The summed E-state index contributed by atoms with van der Waals surface area (Å²) < 4.78 is 1.95. The lowest BCUT2D eigenvalue weighted by molar-refractivity contribution is -0.130. The summed E-state index contributed by atoms with van der Waals surface area (Å²) in [5.74, 6) is 1.76. The standard InChI is InChI=1S/C18H24N4OS/c1-13-8-14(2)10-21(9-13)17(23)11-24-18-20-19-12-22(18)16-7-5-4-6-15(16)3/h4-7,12-14H,8-11H2,1-3H3. The Labute approximate surface area is 147 Å². The summed E-state index contributed by atoms with van der Waals surface area (Å²) in [7, 11) is 0. The highest BCUT2D eigenvalue weighted by Crippen LogP contribution is 2.24. The highest BCUT2D eigenvalue weighted by atomic mass is 32.2. The van der Waals surface area contributed by atoms with Gasteiger partial charge in [0.1, 0.15) is 6.33 Å². The first-order valence-electron chi connectivity index (χ1n) is 8.41. The number of carbonyl (C=O) groups excluding carboxylic acids is 1. The Morgan fingerprint density at radius 2 is 1.96 bits per heavy atom. The normalized spacial score (nSPS) is 21.0. The van der Waals surface area contributed by atoms with Crippen molar-refractivity contribution in [2.45, 2.75) is 32.3 Å². The summed E-state index contributed by atoms with van der Waals surface area (Å²) in [6, 6.07) is 8.11. The monoisotopic (exact) mass is 344 g/mol. The largest absolute Gasteiger partial charge is 0.341 e. The Morgan fingerprint density at radius 1 is 1.25 bits per heavy atom. The van der Waals surface area contributed by atoms with Crippen LogP contribution in [0.3, 0.4) is 0 Å². The average molecular weight is 344 g/mol. The molecule has 2 aromatic rings. The molecular formula is C18H24N4OS. The van der Waals surface area contributed by atoms with E-state index in [2.05, 4.69) is 37.0 Å². The molecule has 2 unspecified atom stereocenters.